The maximum absolute atomic E-state index is 13.9. The SMILES string of the molecule is CCCN(CCC)C(=O)c1cc(C)cc(C(=O)N(Cc2cc(F)cc(F)c2)CC(O)CNCc2ccccc2)c1. The van der Waals surface area contributed by atoms with Gasteiger partial charge in [-0.3, -0.25) is 9.59 Å². The standard InChI is InChI=1S/C32H39F2N3O3/c1-4-11-36(12-5-2)31(39)26-13-23(3)14-27(17-26)32(40)37(21-25-15-28(33)18-29(34)16-25)22-30(38)20-35-19-24-9-7-6-8-10-24/h6-10,13-18,30,35,38H,4-5,11-12,19-22H2,1-3H3. The van der Waals surface area contributed by atoms with Gasteiger partial charge in [-0.05, 0) is 66.8 Å². The van der Waals surface area contributed by atoms with Gasteiger partial charge in [0.05, 0.1) is 6.10 Å². The molecule has 0 radical (unpaired) electrons. The van der Waals surface area contributed by atoms with Crippen molar-refractivity contribution in [3.05, 3.63) is 106 Å². The van der Waals surface area contributed by atoms with Crippen LogP contribution in [0.15, 0.2) is 66.7 Å². The number of carbonyl (C=O) groups is 2. The second-order valence-electron chi connectivity index (χ2n) is 10.1. The molecule has 0 spiro atoms. The predicted molar refractivity (Wildman–Crippen MR) is 153 cm³/mol. The molecule has 0 aliphatic carbocycles. The summed E-state index contributed by atoms with van der Waals surface area (Å²) in [6.45, 7) is 7.61. The number of carbonyl (C=O) groups excluding carboxylic acids is 2. The molecule has 0 fully saturated rings. The van der Waals surface area contributed by atoms with E-state index in [9.17, 15) is 23.5 Å². The van der Waals surface area contributed by atoms with Crippen LogP contribution in [0.5, 0.6) is 0 Å². The van der Waals surface area contributed by atoms with Crippen LogP contribution in [0.4, 0.5) is 8.78 Å². The van der Waals surface area contributed by atoms with Crippen molar-refractivity contribution >= 4 is 11.8 Å². The fraction of sp³-hybridized carbons (Fsp3) is 0.375. The maximum Gasteiger partial charge on any atom is 0.254 e. The van der Waals surface area contributed by atoms with E-state index in [1.54, 1.807) is 23.1 Å². The van der Waals surface area contributed by atoms with Crippen molar-refractivity contribution in [1.82, 2.24) is 15.1 Å². The first-order valence-electron chi connectivity index (χ1n) is 13.8. The molecule has 0 aromatic heterocycles. The monoisotopic (exact) mass is 551 g/mol. The van der Waals surface area contributed by atoms with Gasteiger partial charge in [-0.15, -0.1) is 0 Å². The topological polar surface area (TPSA) is 72.9 Å². The second kappa shape index (κ2) is 15.2. The largest absolute Gasteiger partial charge is 0.390 e. The zero-order valence-corrected chi connectivity index (χ0v) is 23.5. The van der Waals surface area contributed by atoms with Gasteiger partial charge < -0.3 is 20.2 Å². The van der Waals surface area contributed by atoms with Crippen LogP contribution in [0.25, 0.3) is 0 Å². The first-order valence-corrected chi connectivity index (χ1v) is 13.8. The Morgan fingerprint density at radius 1 is 0.825 bits per heavy atom. The summed E-state index contributed by atoms with van der Waals surface area (Å²) < 4.78 is 27.9. The summed E-state index contributed by atoms with van der Waals surface area (Å²) in [5.41, 5.74) is 2.74. The van der Waals surface area contributed by atoms with Crippen LogP contribution in [0, 0.1) is 18.6 Å². The van der Waals surface area contributed by atoms with E-state index in [0.717, 1.165) is 30.0 Å². The third-order valence-electron chi connectivity index (χ3n) is 6.41. The Hall–Kier alpha value is -3.62. The lowest BCUT2D eigenvalue weighted by Crippen LogP contribution is -2.41. The van der Waals surface area contributed by atoms with E-state index in [-0.39, 0.29) is 36.7 Å². The van der Waals surface area contributed by atoms with Crippen LogP contribution in [0.3, 0.4) is 0 Å². The summed E-state index contributed by atoms with van der Waals surface area (Å²) >= 11 is 0. The molecular formula is C32H39F2N3O3. The van der Waals surface area contributed by atoms with E-state index >= 15 is 0 Å². The average Bonchev–Trinajstić information content (AvgIpc) is 2.91. The molecule has 6 nitrogen and oxygen atoms in total. The molecule has 2 N–H and O–H groups in total. The Morgan fingerprint density at radius 3 is 1.98 bits per heavy atom. The smallest absolute Gasteiger partial charge is 0.254 e. The van der Waals surface area contributed by atoms with Crippen molar-refractivity contribution in [2.45, 2.75) is 52.8 Å². The number of benzene rings is 3. The molecule has 1 atom stereocenters. The number of hydrogen-bond acceptors (Lipinski definition) is 4. The molecule has 0 bridgehead atoms. The van der Waals surface area contributed by atoms with Gasteiger partial charge in [0.2, 0.25) is 0 Å². The van der Waals surface area contributed by atoms with E-state index in [1.807, 2.05) is 51.1 Å². The molecule has 3 aromatic carbocycles. The Kier molecular flexibility index (Phi) is 11.8. The minimum absolute atomic E-state index is 0.0756. The minimum Gasteiger partial charge on any atom is -0.390 e. The highest BCUT2D eigenvalue weighted by atomic mass is 19.1. The fourth-order valence-corrected chi connectivity index (χ4v) is 4.69. The first kappa shape index (κ1) is 30.9. The van der Waals surface area contributed by atoms with Crippen molar-refractivity contribution < 1.29 is 23.5 Å². The Balaban J connectivity index is 1.83. The van der Waals surface area contributed by atoms with E-state index in [1.165, 1.54) is 17.0 Å². The number of aliphatic hydroxyl groups is 1. The quantitative estimate of drug-likeness (QED) is 0.284. The molecule has 8 heteroatoms. The molecule has 0 saturated heterocycles. The highest BCUT2D eigenvalue weighted by Gasteiger charge is 2.23. The molecule has 2 amide bonds. The van der Waals surface area contributed by atoms with Crippen LogP contribution >= 0.6 is 0 Å². The number of hydrogen-bond donors (Lipinski definition) is 2. The van der Waals surface area contributed by atoms with E-state index in [0.29, 0.717) is 25.2 Å². The van der Waals surface area contributed by atoms with Gasteiger partial charge in [0.1, 0.15) is 11.6 Å². The van der Waals surface area contributed by atoms with E-state index in [4.69, 9.17) is 0 Å². The lowest BCUT2D eigenvalue weighted by Gasteiger charge is -2.27. The van der Waals surface area contributed by atoms with Gasteiger partial charge >= 0.3 is 0 Å². The summed E-state index contributed by atoms with van der Waals surface area (Å²) in [5, 5.41) is 14.0. The highest BCUT2D eigenvalue weighted by Crippen LogP contribution is 2.18. The Labute approximate surface area is 235 Å². The zero-order chi connectivity index (χ0) is 29.1. The van der Waals surface area contributed by atoms with E-state index < -0.39 is 23.6 Å². The molecule has 3 rings (SSSR count). The van der Waals surface area contributed by atoms with Crippen molar-refractivity contribution in [3.8, 4) is 0 Å². The van der Waals surface area contributed by atoms with Crippen LogP contribution in [-0.2, 0) is 13.1 Å². The van der Waals surface area contributed by atoms with E-state index in [2.05, 4.69) is 5.32 Å². The molecule has 0 saturated carbocycles. The van der Waals surface area contributed by atoms with Gasteiger partial charge in [0.25, 0.3) is 11.8 Å². The number of aryl methyl sites for hydroxylation is 1. The van der Waals surface area contributed by atoms with Gasteiger partial charge in [-0.2, -0.15) is 0 Å². The van der Waals surface area contributed by atoms with Crippen LogP contribution in [-0.4, -0.2) is 59.0 Å². The van der Waals surface area contributed by atoms with Crippen LogP contribution in [0.2, 0.25) is 0 Å². The van der Waals surface area contributed by atoms with Crippen molar-refractivity contribution in [3.63, 3.8) is 0 Å². The Morgan fingerprint density at radius 2 is 1.40 bits per heavy atom. The number of nitrogens with zero attached hydrogens (tertiary/aromatic N) is 2. The molecule has 3 aromatic rings. The molecule has 0 aliphatic rings. The average molecular weight is 552 g/mol. The minimum atomic E-state index is -0.943. The summed E-state index contributed by atoms with van der Waals surface area (Å²) in [5.74, 6) is -2.09. The van der Waals surface area contributed by atoms with Gasteiger partial charge in [0.15, 0.2) is 0 Å². The number of halogens is 2. The molecule has 40 heavy (non-hydrogen) atoms. The number of aliphatic hydroxyl groups excluding tert-OH is 1. The third-order valence-corrected chi connectivity index (χ3v) is 6.41. The molecule has 214 valence electrons. The van der Waals surface area contributed by atoms with Crippen molar-refractivity contribution in [2.24, 2.45) is 0 Å². The summed E-state index contributed by atoms with van der Waals surface area (Å²) in [4.78, 5) is 30.2. The summed E-state index contributed by atoms with van der Waals surface area (Å²) in [6.07, 6.45) is 0.691. The summed E-state index contributed by atoms with van der Waals surface area (Å²) in [6, 6.07) is 17.8. The fourth-order valence-electron chi connectivity index (χ4n) is 4.69. The van der Waals surface area contributed by atoms with Crippen LogP contribution in [0.1, 0.15) is 64.1 Å². The van der Waals surface area contributed by atoms with Crippen LogP contribution < -0.4 is 5.32 Å². The predicted octanol–water partition coefficient (Wildman–Crippen LogP) is 5.33. The van der Waals surface area contributed by atoms with Gasteiger partial charge in [-0.1, -0.05) is 44.2 Å². The highest BCUT2D eigenvalue weighted by molar-refractivity contribution is 6.00. The lowest BCUT2D eigenvalue weighted by atomic mass is 10.0. The zero-order valence-electron chi connectivity index (χ0n) is 23.5. The van der Waals surface area contributed by atoms with Crippen molar-refractivity contribution in [1.29, 1.82) is 0 Å². The number of nitrogens with one attached hydrogen (secondary N) is 1. The summed E-state index contributed by atoms with van der Waals surface area (Å²) in [7, 11) is 0. The normalized spacial score (nSPS) is 11.8. The lowest BCUT2D eigenvalue weighted by molar-refractivity contribution is 0.0603. The number of amides is 2. The molecule has 0 aliphatic heterocycles. The second-order valence-corrected chi connectivity index (χ2v) is 10.1. The number of rotatable bonds is 14. The Bertz CT molecular complexity index is 1240. The third kappa shape index (κ3) is 9.24. The maximum atomic E-state index is 13.9. The van der Waals surface area contributed by atoms with Gasteiger partial charge in [0, 0.05) is 56.5 Å². The van der Waals surface area contributed by atoms with Gasteiger partial charge in [-0.25, -0.2) is 8.78 Å². The first-order chi connectivity index (χ1) is 19.2. The molecule has 0 heterocycles. The molecular weight excluding hydrogens is 512 g/mol. The van der Waals surface area contributed by atoms with Crippen molar-refractivity contribution in [2.75, 3.05) is 26.2 Å². The molecule has 1 unspecified atom stereocenters.